The monoisotopic (exact) mass is 584 g/mol. The predicted molar refractivity (Wildman–Crippen MR) is 143 cm³/mol. The number of rotatable bonds is 12. The quantitative estimate of drug-likeness (QED) is 0.136. The first-order valence-electron chi connectivity index (χ1n) is 14.5. The fourth-order valence-electron chi connectivity index (χ4n) is 5.94. The van der Waals surface area contributed by atoms with Gasteiger partial charge in [0.2, 0.25) is 12.2 Å². The largest absolute Gasteiger partial charge is 0.465 e. The molecular formula is C28H44N2O11. The molecule has 4 N–H and O–H groups in total. The van der Waals surface area contributed by atoms with Gasteiger partial charge in [0.15, 0.2) is 6.10 Å². The topological polar surface area (TPSA) is 181 Å². The van der Waals surface area contributed by atoms with Crippen molar-refractivity contribution in [1.29, 1.82) is 0 Å². The number of aliphatic hydroxyl groups excluding tert-OH is 3. The Morgan fingerprint density at radius 1 is 1.05 bits per heavy atom. The summed E-state index contributed by atoms with van der Waals surface area (Å²) in [5.41, 5.74) is 0. The van der Waals surface area contributed by atoms with Gasteiger partial charge in [0.1, 0.15) is 37.0 Å². The summed E-state index contributed by atoms with van der Waals surface area (Å²) in [5.74, 6) is -2.68. The summed E-state index contributed by atoms with van der Waals surface area (Å²) in [7, 11) is 0. The lowest BCUT2D eigenvalue weighted by molar-refractivity contribution is -0.288. The van der Waals surface area contributed by atoms with E-state index in [-0.39, 0.29) is 31.1 Å². The number of nitrogens with one attached hydrogen (secondary N) is 1. The molecule has 1 amide bonds. The Balaban J connectivity index is 1.78. The first-order chi connectivity index (χ1) is 19.5. The minimum atomic E-state index is -1.87. The molecule has 13 heteroatoms. The molecular weight excluding hydrogens is 540 g/mol. The Morgan fingerprint density at radius 2 is 1.76 bits per heavy atom. The van der Waals surface area contributed by atoms with Crippen molar-refractivity contribution in [3.8, 4) is 0 Å². The minimum absolute atomic E-state index is 0.0557. The van der Waals surface area contributed by atoms with Crippen LogP contribution in [0, 0.1) is 5.92 Å². The number of fused-ring (bicyclic) bond motifs is 1. The number of nitrogens with zero attached hydrogens (tertiary/aromatic N) is 1. The van der Waals surface area contributed by atoms with Crippen LogP contribution in [0.4, 0.5) is 0 Å². The van der Waals surface area contributed by atoms with Crippen molar-refractivity contribution in [3.63, 3.8) is 0 Å². The Bertz CT molecular complexity index is 946. The maximum absolute atomic E-state index is 13.8. The van der Waals surface area contributed by atoms with Gasteiger partial charge in [0, 0.05) is 6.04 Å². The Hall–Kier alpha value is -2.58. The molecule has 0 bridgehead atoms. The number of ether oxygens (including phenoxy) is 4. The highest BCUT2D eigenvalue weighted by molar-refractivity contribution is 5.89. The standard InChI is InChI=1S/C28H44N2O11/c1-5-10-17(25(35)38-7-3)29-15(4)24(34)30-18-12-9-8-11-16(18)14-19(30)26(36)41-28-22(33)20(31)21(32)23(40-28)27(37)39-13-6-2/h6,15-23,28-29,31-33H,2,5,7-14H2,1,3-4H3/t15-,16-,17-,18-,19-,20-,21-,22-,23-,28-/m0/s1. The molecule has 0 unspecified atom stereocenters. The SMILES string of the molecule is C=CCOC(=O)[C@H]1O[C@@H](OC(=O)[C@@H]2C[C@@H]3CCCC[C@@H]3N2C(=O)[C@H](C)N[C@@H](CCC)C(=O)OCC)[C@@H](O)[C@@H](O)[C@@H]1O. The van der Waals surface area contributed by atoms with Crippen LogP contribution in [0.1, 0.15) is 65.7 Å². The zero-order valence-electron chi connectivity index (χ0n) is 24.0. The normalized spacial score (nSPS) is 32.8. The van der Waals surface area contributed by atoms with Crippen molar-refractivity contribution in [3.05, 3.63) is 12.7 Å². The van der Waals surface area contributed by atoms with Gasteiger partial charge in [0.05, 0.1) is 12.6 Å². The maximum atomic E-state index is 13.8. The number of amides is 1. The molecule has 0 spiro atoms. The van der Waals surface area contributed by atoms with Gasteiger partial charge >= 0.3 is 17.9 Å². The fourth-order valence-corrected chi connectivity index (χ4v) is 5.94. The Kier molecular flexibility index (Phi) is 12.1. The number of hydrogen-bond donors (Lipinski definition) is 4. The summed E-state index contributed by atoms with van der Waals surface area (Å²) in [6, 6.07) is -2.73. The molecule has 2 saturated heterocycles. The first-order valence-corrected chi connectivity index (χ1v) is 14.5. The molecule has 10 atom stereocenters. The van der Waals surface area contributed by atoms with Crippen LogP contribution in [0.3, 0.4) is 0 Å². The highest BCUT2D eigenvalue weighted by Crippen LogP contribution is 2.41. The van der Waals surface area contributed by atoms with Gasteiger partial charge < -0.3 is 39.2 Å². The van der Waals surface area contributed by atoms with E-state index in [9.17, 15) is 34.5 Å². The number of hydrogen-bond acceptors (Lipinski definition) is 12. The van der Waals surface area contributed by atoms with Gasteiger partial charge in [-0.3, -0.25) is 14.9 Å². The minimum Gasteiger partial charge on any atom is -0.465 e. The summed E-state index contributed by atoms with van der Waals surface area (Å²) in [6.07, 6.45) is -2.91. The van der Waals surface area contributed by atoms with E-state index in [1.54, 1.807) is 13.8 Å². The molecule has 3 aliphatic rings. The van der Waals surface area contributed by atoms with Gasteiger partial charge in [-0.2, -0.15) is 0 Å². The molecule has 0 radical (unpaired) electrons. The van der Waals surface area contributed by atoms with Crippen molar-refractivity contribution >= 4 is 23.8 Å². The van der Waals surface area contributed by atoms with Crippen LogP contribution in [0.15, 0.2) is 12.7 Å². The molecule has 1 saturated carbocycles. The van der Waals surface area contributed by atoms with Gasteiger partial charge in [-0.1, -0.05) is 38.8 Å². The lowest BCUT2D eigenvalue weighted by Crippen LogP contribution is -2.61. The zero-order valence-corrected chi connectivity index (χ0v) is 24.0. The average Bonchev–Trinajstić information content (AvgIpc) is 3.35. The third-order valence-corrected chi connectivity index (χ3v) is 7.96. The lowest BCUT2D eigenvalue weighted by Gasteiger charge is -2.39. The predicted octanol–water partition coefficient (Wildman–Crippen LogP) is -0.0640. The molecule has 13 nitrogen and oxygen atoms in total. The van der Waals surface area contributed by atoms with Crippen molar-refractivity contribution in [2.75, 3.05) is 13.2 Å². The second kappa shape index (κ2) is 15.1. The highest BCUT2D eigenvalue weighted by Gasteiger charge is 2.53. The molecule has 2 aliphatic heterocycles. The number of aliphatic hydroxyl groups is 3. The van der Waals surface area contributed by atoms with Gasteiger partial charge in [0.25, 0.3) is 0 Å². The molecule has 0 aromatic heterocycles. The van der Waals surface area contributed by atoms with Crippen LogP contribution in [0.5, 0.6) is 0 Å². The summed E-state index contributed by atoms with van der Waals surface area (Å²) in [4.78, 5) is 53.6. The van der Waals surface area contributed by atoms with Crippen molar-refractivity contribution < 1.29 is 53.4 Å². The van der Waals surface area contributed by atoms with E-state index in [2.05, 4.69) is 11.9 Å². The second-order valence-corrected chi connectivity index (χ2v) is 10.8. The summed E-state index contributed by atoms with van der Waals surface area (Å²) >= 11 is 0. The smallest absolute Gasteiger partial charge is 0.338 e. The molecule has 41 heavy (non-hydrogen) atoms. The van der Waals surface area contributed by atoms with E-state index in [1.807, 2.05) is 6.92 Å². The molecule has 0 aromatic rings. The Morgan fingerprint density at radius 3 is 2.41 bits per heavy atom. The third-order valence-electron chi connectivity index (χ3n) is 7.96. The number of carbonyl (C=O) groups is 4. The van der Waals surface area contributed by atoms with E-state index in [4.69, 9.17) is 18.9 Å². The molecule has 2 heterocycles. The van der Waals surface area contributed by atoms with Crippen molar-refractivity contribution in [2.24, 2.45) is 5.92 Å². The van der Waals surface area contributed by atoms with Crippen molar-refractivity contribution in [2.45, 2.75) is 121 Å². The second-order valence-electron chi connectivity index (χ2n) is 10.8. The summed E-state index contributed by atoms with van der Waals surface area (Å²) in [6.45, 7) is 8.71. The summed E-state index contributed by atoms with van der Waals surface area (Å²) < 4.78 is 20.9. The lowest BCUT2D eigenvalue weighted by atomic mass is 9.84. The summed E-state index contributed by atoms with van der Waals surface area (Å²) in [5, 5.41) is 34.1. The number of carbonyl (C=O) groups excluding carboxylic acids is 4. The first kappa shape index (κ1) is 32.9. The van der Waals surface area contributed by atoms with Crippen LogP contribution in [0.2, 0.25) is 0 Å². The van der Waals surface area contributed by atoms with E-state index in [0.717, 1.165) is 19.3 Å². The maximum Gasteiger partial charge on any atom is 0.338 e. The number of likely N-dealkylation sites (tertiary alicyclic amines) is 1. The van der Waals surface area contributed by atoms with Crippen LogP contribution in [-0.4, -0.2) is 112 Å². The average molecular weight is 585 g/mol. The molecule has 232 valence electrons. The Labute approximate surface area is 240 Å². The van der Waals surface area contributed by atoms with E-state index in [0.29, 0.717) is 25.7 Å². The van der Waals surface area contributed by atoms with Gasteiger partial charge in [-0.05, 0) is 45.4 Å². The third kappa shape index (κ3) is 7.63. The highest BCUT2D eigenvalue weighted by atomic mass is 16.7. The molecule has 3 fully saturated rings. The van der Waals surface area contributed by atoms with Crippen LogP contribution < -0.4 is 5.32 Å². The number of esters is 3. The zero-order chi connectivity index (χ0) is 30.3. The fraction of sp³-hybridized carbons (Fsp3) is 0.786. The van der Waals surface area contributed by atoms with E-state index < -0.39 is 66.7 Å². The molecule has 3 rings (SSSR count). The van der Waals surface area contributed by atoms with Crippen LogP contribution >= 0.6 is 0 Å². The molecule has 1 aliphatic carbocycles. The van der Waals surface area contributed by atoms with Crippen molar-refractivity contribution in [1.82, 2.24) is 10.2 Å². The van der Waals surface area contributed by atoms with Gasteiger partial charge in [-0.25, -0.2) is 9.59 Å². The van der Waals surface area contributed by atoms with Gasteiger partial charge in [-0.15, -0.1) is 0 Å². The van der Waals surface area contributed by atoms with E-state index >= 15 is 0 Å². The molecule has 0 aromatic carbocycles. The van der Waals surface area contributed by atoms with Crippen LogP contribution in [-0.2, 0) is 38.1 Å². The van der Waals surface area contributed by atoms with Crippen LogP contribution in [0.25, 0.3) is 0 Å². The van der Waals surface area contributed by atoms with E-state index in [1.165, 1.54) is 11.0 Å².